The van der Waals surface area contributed by atoms with Crippen LogP contribution in [-0.2, 0) is 24.4 Å². The molecule has 0 saturated carbocycles. The number of nitrogens with zero attached hydrogens (tertiary/aromatic N) is 2. The van der Waals surface area contributed by atoms with Crippen molar-refractivity contribution in [3.8, 4) is 5.75 Å². The number of carboxylic acids is 1. The zero-order valence-corrected chi connectivity index (χ0v) is 14.6. The normalized spacial score (nSPS) is 11.1. The van der Waals surface area contributed by atoms with Crippen LogP contribution in [0, 0.1) is 24.5 Å². The number of hydrogen-bond donors (Lipinski definition) is 1. The molecule has 0 radical (unpaired) electrons. The lowest BCUT2D eigenvalue weighted by Crippen LogP contribution is -2.12. The second-order valence-electron chi connectivity index (χ2n) is 6.42. The van der Waals surface area contributed by atoms with Crippen LogP contribution in [-0.4, -0.2) is 20.9 Å². The molecular formula is C18H22F2N2O3. The fourth-order valence-electron chi connectivity index (χ4n) is 2.51. The van der Waals surface area contributed by atoms with Gasteiger partial charge in [0.2, 0.25) is 0 Å². The monoisotopic (exact) mass is 352 g/mol. The first kappa shape index (κ1) is 18.9. The molecule has 5 nitrogen and oxygen atoms in total. The first-order valence-electron chi connectivity index (χ1n) is 8.12. The zero-order chi connectivity index (χ0) is 18.6. The second kappa shape index (κ2) is 8.09. The van der Waals surface area contributed by atoms with E-state index in [2.05, 4.69) is 18.9 Å². The van der Waals surface area contributed by atoms with E-state index in [4.69, 9.17) is 9.84 Å². The molecule has 1 aromatic heterocycles. The van der Waals surface area contributed by atoms with Crippen molar-refractivity contribution in [1.29, 1.82) is 0 Å². The average molecular weight is 352 g/mol. The summed E-state index contributed by atoms with van der Waals surface area (Å²) in [7, 11) is 0. The Hall–Kier alpha value is -2.44. The summed E-state index contributed by atoms with van der Waals surface area (Å²) in [5.41, 5.74) is 1.83. The number of rotatable bonds is 8. The standard InChI is InChI=1S/C18H22F2N2O3/c1-11(2)9-22-14(6-12(3)21-22)10-25-18-15(19)7-13(8-16(18)20)4-5-17(23)24/h6-8,11H,4-5,9-10H2,1-3H3,(H,23,24). The van der Waals surface area contributed by atoms with E-state index in [1.54, 1.807) is 4.68 Å². The highest BCUT2D eigenvalue weighted by Crippen LogP contribution is 2.25. The Morgan fingerprint density at radius 1 is 1.28 bits per heavy atom. The lowest BCUT2D eigenvalue weighted by Gasteiger charge is -2.12. The van der Waals surface area contributed by atoms with E-state index in [-0.39, 0.29) is 25.0 Å². The Morgan fingerprint density at radius 2 is 1.92 bits per heavy atom. The van der Waals surface area contributed by atoms with Crippen molar-refractivity contribution >= 4 is 5.97 Å². The average Bonchev–Trinajstić information content (AvgIpc) is 2.83. The highest BCUT2D eigenvalue weighted by molar-refractivity contribution is 5.67. The number of ether oxygens (including phenoxy) is 1. The van der Waals surface area contributed by atoms with E-state index in [9.17, 15) is 13.6 Å². The van der Waals surface area contributed by atoms with Crippen LogP contribution < -0.4 is 4.74 Å². The summed E-state index contributed by atoms with van der Waals surface area (Å²) in [4.78, 5) is 10.6. The molecule has 0 aliphatic rings. The van der Waals surface area contributed by atoms with Crippen LogP contribution in [0.2, 0.25) is 0 Å². The van der Waals surface area contributed by atoms with E-state index < -0.39 is 23.4 Å². The van der Waals surface area contributed by atoms with Gasteiger partial charge in [-0.1, -0.05) is 13.8 Å². The van der Waals surface area contributed by atoms with Gasteiger partial charge in [0, 0.05) is 13.0 Å². The van der Waals surface area contributed by atoms with Crippen LogP contribution in [0.1, 0.15) is 37.2 Å². The minimum absolute atomic E-state index is 0.00409. The third kappa shape index (κ3) is 5.27. The van der Waals surface area contributed by atoms with Crippen molar-refractivity contribution in [1.82, 2.24) is 9.78 Å². The van der Waals surface area contributed by atoms with Gasteiger partial charge in [0.15, 0.2) is 17.4 Å². The minimum atomic E-state index is -1.02. The molecule has 1 heterocycles. The van der Waals surface area contributed by atoms with Crippen molar-refractivity contribution in [2.75, 3.05) is 0 Å². The molecule has 0 bridgehead atoms. The van der Waals surface area contributed by atoms with Crippen LogP contribution in [0.15, 0.2) is 18.2 Å². The van der Waals surface area contributed by atoms with Gasteiger partial charge in [-0.2, -0.15) is 5.10 Å². The van der Waals surface area contributed by atoms with E-state index >= 15 is 0 Å². The molecule has 0 aliphatic heterocycles. The summed E-state index contributed by atoms with van der Waals surface area (Å²) in [6.45, 7) is 6.63. The molecule has 7 heteroatoms. The molecule has 2 rings (SSSR count). The maximum atomic E-state index is 14.1. The number of carboxylic acid groups (broad SMARTS) is 1. The molecule has 0 atom stereocenters. The van der Waals surface area contributed by atoms with Gasteiger partial charge >= 0.3 is 5.97 Å². The SMILES string of the molecule is Cc1cc(COc2c(F)cc(CCC(=O)O)cc2F)n(CC(C)C)n1. The van der Waals surface area contributed by atoms with E-state index in [1.807, 2.05) is 13.0 Å². The number of aromatic nitrogens is 2. The smallest absolute Gasteiger partial charge is 0.303 e. The number of hydrogen-bond acceptors (Lipinski definition) is 3. The Labute approximate surface area is 145 Å². The van der Waals surface area contributed by atoms with Gasteiger partial charge < -0.3 is 9.84 Å². The maximum Gasteiger partial charge on any atom is 0.303 e. The molecule has 25 heavy (non-hydrogen) atoms. The van der Waals surface area contributed by atoms with Crippen molar-refractivity contribution in [3.05, 3.63) is 46.8 Å². The predicted octanol–water partition coefficient (Wildman–Crippen LogP) is 3.72. The highest BCUT2D eigenvalue weighted by atomic mass is 19.1. The highest BCUT2D eigenvalue weighted by Gasteiger charge is 2.15. The molecular weight excluding hydrogens is 330 g/mol. The van der Waals surface area contributed by atoms with Crippen LogP contribution in [0.3, 0.4) is 0 Å². The number of carbonyl (C=O) groups is 1. The molecule has 0 unspecified atom stereocenters. The van der Waals surface area contributed by atoms with Crippen molar-refractivity contribution in [2.24, 2.45) is 5.92 Å². The van der Waals surface area contributed by atoms with Gasteiger partial charge in [0.1, 0.15) is 6.61 Å². The van der Waals surface area contributed by atoms with Crippen molar-refractivity contribution in [3.63, 3.8) is 0 Å². The number of aliphatic carboxylic acids is 1. The Kier molecular flexibility index (Phi) is 6.12. The summed E-state index contributed by atoms with van der Waals surface area (Å²) in [6, 6.07) is 4.04. The molecule has 136 valence electrons. The third-order valence-corrected chi connectivity index (χ3v) is 3.57. The molecule has 0 spiro atoms. The van der Waals surface area contributed by atoms with Gasteiger partial charge in [-0.05, 0) is 43.0 Å². The fourth-order valence-corrected chi connectivity index (χ4v) is 2.51. The summed E-state index contributed by atoms with van der Waals surface area (Å²) in [6.07, 6.45) is -0.128. The van der Waals surface area contributed by atoms with Gasteiger partial charge in [-0.3, -0.25) is 9.48 Å². The quantitative estimate of drug-likeness (QED) is 0.786. The Bertz CT molecular complexity index is 734. The summed E-state index contributed by atoms with van der Waals surface area (Å²) < 4.78 is 35.4. The molecule has 0 aliphatic carbocycles. The van der Waals surface area contributed by atoms with Crippen LogP contribution in [0.25, 0.3) is 0 Å². The van der Waals surface area contributed by atoms with Crippen molar-refractivity contribution < 1.29 is 23.4 Å². The first-order chi connectivity index (χ1) is 11.8. The zero-order valence-electron chi connectivity index (χ0n) is 14.6. The molecule has 0 amide bonds. The maximum absolute atomic E-state index is 14.1. The van der Waals surface area contributed by atoms with Crippen LogP contribution in [0.4, 0.5) is 8.78 Å². The van der Waals surface area contributed by atoms with Crippen molar-refractivity contribution in [2.45, 2.75) is 46.8 Å². The lowest BCUT2D eigenvalue weighted by molar-refractivity contribution is -0.136. The molecule has 0 fully saturated rings. The number of aryl methyl sites for hydroxylation is 2. The summed E-state index contributed by atoms with van der Waals surface area (Å²) in [5.74, 6) is -2.79. The molecule has 0 saturated heterocycles. The summed E-state index contributed by atoms with van der Waals surface area (Å²) >= 11 is 0. The Balaban J connectivity index is 2.12. The number of halogens is 2. The van der Waals surface area contributed by atoms with Gasteiger partial charge in [-0.25, -0.2) is 8.78 Å². The van der Waals surface area contributed by atoms with Crippen LogP contribution >= 0.6 is 0 Å². The molecule has 1 aromatic carbocycles. The fraction of sp³-hybridized carbons (Fsp3) is 0.444. The third-order valence-electron chi connectivity index (χ3n) is 3.57. The second-order valence-corrected chi connectivity index (χ2v) is 6.42. The van der Waals surface area contributed by atoms with E-state index in [1.165, 1.54) is 0 Å². The van der Waals surface area contributed by atoms with Gasteiger partial charge in [0.25, 0.3) is 0 Å². The molecule has 1 N–H and O–H groups in total. The van der Waals surface area contributed by atoms with Gasteiger partial charge in [-0.15, -0.1) is 0 Å². The first-order valence-corrected chi connectivity index (χ1v) is 8.12. The minimum Gasteiger partial charge on any atom is -0.481 e. The van der Waals surface area contributed by atoms with E-state index in [0.29, 0.717) is 12.5 Å². The topological polar surface area (TPSA) is 64.3 Å². The Morgan fingerprint density at radius 3 is 2.48 bits per heavy atom. The van der Waals surface area contributed by atoms with E-state index in [0.717, 1.165) is 23.5 Å². The largest absolute Gasteiger partial charge is 0.481 e. The number of benzene rings is 1. The van der Waals surface area contributed by atoms with Gasteiger partial charge in [0.05, 0.1) is 11.4 Å². The van der Waals surface area contributed by atoms with Crippen LogP contribution in [0.5, 0.6) is 5.75 Å². The predicted molar refractivity (Wildman–Crippen MR) is 88.4 cm³/mol. The lowest BCUT2D eigenvalue weighted by atomic mass is 10.1. The summed E-state index contributed by atoms with van der Waals surface area (Å²) in [5, 5.41) is 13.0. The molecule has 2 aromatic rings.